The summed E-state index contributed by atoms with van der Waals surface area (Å²) in [5, 5.41) is 0. The quantitative estimate of drug-likeness (QED) is 0.874. The van der Waals surface area contributed by atoms with Gasteiger partial charge >= 0.3 is 0 Å². The molecule has 1 fully saturated rings. The van der Waals surface area contributed by atoms with Gasteiger partial charge in [0.2, 0.25) is 0 Å². The lowest BCUT2D eigenvalue weighted by atomic mass is 9.91. The van der Waals surface area contributed by atoms with E-state index in [1.165, 1.54) is 5.56 Å². The Bertz CT molecular complexity index is 400. The van der Waals surface area contributed by atoms with Crippen molar-refractivity contribution >= 4 is 0 Å². The number of nitrogens with zero attached hydrogens (tertiary/aromatic N) is 1. The molecule has 1 aliphatic rings. The molecule has 0 radical (unpaired) electrons. The second-order valence-electron chi connectivity index (χ2n) is 5.25. The van der Waals surface area contributed by atoms with Crippen molar-refractivity contribution in [1.29, 1.82) is 0 Å². The molecule has 0 aliphatic carbocycles. The van der Waals surface area contributed by atoms with Crippen LogP contribution in [0.2, 0.25) is 0 Å². The van der Waals surface area contributed by atoms with Gasteiger partial charge in [-0.15, -0.1) is 0 Å². The van der Waals surface area contributed by atoms with Crippen LogP contribution in [0.4, 0.5) is 0 Å². The maximum Gasteiger partial charge on any atom is 0.122 e. The van der Waals surface area contributed by atoms with Gasteiger partial charge in [-0.2, -0.15) is 0 Å². The summed E-state index contributed by atoms with van der Waals surface area (Å²) >= 11 is 0. The second kappa shape index (κ2) is 5.16. The third-order valence-corrected chi connectivity index (χ3v) is 3.54. The molecule has 4 nitrogen and oxygen atoms in total. The van der Waals surface area contributed by atoms with Crippen molar-refractivity contribution in [2.75, 3.05) is 34.4 Å². The molecule has 0 aromatic heterocycles. The van der Waals surface area contributed by atoms with Gasteiger partial charge < -0.3 is 20.1 Å². The van der Waals surface area contributed by atoms with Gasteiger partial charge in [0.25, 0.3) is 0 Å². The Balaban J connectivity index is 2.18. The molecule has 100 valence electrons. The van der Waals surface area contributed by atoms with E-state index in [9.17, 15) is 0 Å². The minimum absolute atomic E-state index is 0.133. The van der Waals surface area contributed by atoms with Gasteiger partial charge in [0.05, 0.1) is 14.2 Å². The van der Waals surface area contributed by atoms with Crippen LogP contribution in [0, 0.1) is 0 Å². The fourth-order valence-electron chi connectivity index (χ4n) is 2.63. The largest absolute Gasteiger partial charge is 0.497 e. The van der Waals surface area contributed by atoms with Crippen LogP contribution in [-0.4, -0.2) is 44.8 Å². The summed E-state index contributed by atoms with van der Waals surface area (Å²) in [6.45, 7) is 2.00. The van der Waals surface area contributed by atoms with E-state index >= 15 is 0 Å². The molecule has 0 spiro atoms. The van der Waals surface area contributed by atoms with E-state index in [0.29, 0.717) is 0 Å². The highest BCUT2D eigenvalue weighted by Crippen LogP contribution is 2.27. The topological polar surface area (TPSA) is 47.7 Å². The smallest absolute Gasteiger partial charge is 0.122 e. The Kier molecular flexibility index (Phi) is 3.78. The van der Waals surface area contributed by atoms with Crippen LogP contribution in [0.1, 0.15) is 12.0 Å². The molecule has 1 unspecified atom stereocenters. The second-order valence-corrected chi connectivity index (χ2v) is 5.25. The van der Waals surface area contributed by atoms with Crippen LogP contribution in [0.3, 0.4) is 0 Å². The molecule has 1 saturated heterocycles. The van der Waals surface area contributed by atoms with Crippen molar-refractivity contribution in [1.82, 2.24) is 4.90 Å². The zero-order valence-corrected chi connectivity index (χ0v) is 11.4. The lowest BCUT2D eigenvalue weighted by Gasteiger charge is -2.24. The molecule has 1 atom stereocenters. The summed E-state index contributed by atoms with van der Waals surface area (Å²) in [5.41, 5.74) is 7.48. The maximum atomic E-state index is 6.44. The van der Waals surface area contributed by atoms with E-state index in [1.807, 2.05) is 18.2 Å². The van der Waals surface area contributed by atoms with Gasteiger partial charge in [-0.05, 0) is 44.1 Å². The molecular formula is C14H22N2O2. The lowest BCUT2D eigenvalue weighted by molar-refractivity contribution is 0.364. The fraction of sp³-hybridized carbons (Fsp3) is 0.571. The SMILES string of the molecule is COc1cc(CC2(N)CCN(C)C2)cc(OC)c1. The van der Waals surface area contributed by atoms with Crippen LogP contribution in [-0.2, 0) is 6.42 Å². The highest BCUT2D eigenvalue weighted by atomic mass is 16.5. The number of likely N-dealkylation sites (tertiary alicyclic amines) is 1. The predicted molar refractivity (Wildman–Crippen MR) is 72.3 cm³/mol. The maximum absolute atomic E-state index is 6.44. The van der Waals surface area contributed by atoms with Crippen molar-refractivity contribution in [3.63, 3.8) is 0 Å². The summed E-state index contributed by atoms with van der Waals surface area (Å²) < 4.78 is 10.6. The highest BCUT2D eigenvalue weighted by Gasteiger charge is 2.32. The van der Waals surface area contributed by atoms with Gasteiger partial charge in [0, 0.05) is 18.2 Å². The molecule has 2 N–H and O–H groups in total. The first-order chi connectivity index (χ1) is 8.54. The molecule has 1 heterocycles. The summed E-state index contributed by atoms with van der Waals surface area (Å²) in [4.78, 5) is 2.28. The van der Waals surface area contributed by atoms with Crippen molar-refractivity contribution in [2.24, 2.45) is 5.73 Å². The minimum atomic E-state index is -0.133. The third-order valence-electron chi connectivity index (χ3n) is 3.54. The van der Waals surface area contributed by atoms with E-state index in [1.54, 1.807) is 14.2 Å². The van der Waals surface area contributed by atoms with E-state index in [4.69, 9.17) is 15.2 Å². The van der Waals surface area contributed by atoms with Crippen LogP contribution < -0.4 is 15.2 Å². The first kappa shape index (κ1) is 13.2. The Morgan fingerprint density at radius 3 is 2.28 bits per heavy atom. The average molecular weight is 250 g/mol. The standard InChI is InChI=1S/C14H22N2O2/c1-16-5-4-14(15,10-16)9-11-6-12(17-2)8-13(7-11)18-3/h6-8H,4-5,9-10,15H2,1-3H3. The Morgan fingerprint density at radius 1 is 1.22 bits per heavy atom. The molecule has 2 rings (SSSR count). The lowest BCUT2D eigenvalue weighted by Crippen LogP contribution is -2.44. The molecule has 18 heavy (non-hydrogen) atoms. The molecule has 1 aliphatic heterocycles. The Labute approximate surface area is 109 Å². The average Bonchev–Trinajstić information content (AvgIpc) is 2.68. The molecule has 1 aromatic carbocycles. The Morgan fingerprint density at radius 2 is 1.83 bits per heavy atom. The first-order valence-electron chi connectivity index (χ1n) is 6.24. The van der Waals surface area contributed by atoms with E-state index in [0.717, 1.165) is 37.4 Å². The number of methoxy groups -OCH3 is 2. The normalized spacial score (nSPS) is 24.2. The molecule has 4 heteroatoms. The third kappa shape index (κ3) is 2.94. The van der Waals surface area contributed by atoms with Crippen LogP contribution in [0.5, 0.6) is 11.5 Å². The van der Waals surface area contributed by atoms with Gasteiger partial charge in [0.1, 0.15) is 11.5 Å². The molecule has 0 amide bonds. The number of likely N-dealkylation sites (N-methyl/N-ethyl adjacent to an activating group) is 1. The predicted octanol–water partition coefficient (Wildman–Crippen LogP) is 1.28. The first-order valence-corrected chi connectivity index (χ1v) is 6.24. The van der Waals surface area contributed by atoms with Crippen molar-refractivity contribution < 1.29 is 9.47 Å². The molecule has 0 saturated carbocycles. The number of hydrogen-bond acceptors (Lipinski definition) is 4. The zero-order valence-electron chi connectivity index (χ0n) is 11.4. The molecule has 0 bridgehead atoms. The van der Waals surface area contributed by atoms with Crippen molar-refractivity contribution in [2.45, 2.75) is 18.4 Å². The Hall–Kier alpha value is -1.26. The monoisotopic (exact) mass is 250 g/mol. The zero-order chi connectivity index (χ0) is 13.2. The van der Waals surface area contributed by atoms with Crippen LogP contribution in [0.15, 0.2) is 18.2 Å². The number of hydrogen-bond donors (Lipinski definition) is 1. The summed E-state index contributed by atoms with van der Waals surface area (Å²) in [6.07, 6.45) is 1.88. The van der Waals surface area contributed by atoms with E-state index < -0.39 is 0 Å². The molecule has 1 aromatic rings. The summed E-state index contributed by atoms with van der Waals surface area (Å²) in [6, 6.07) is 5.96. The fourth-order valence-corrected chi connectivity index (χ4v) is 2.63. The van der Waals surface area contributed by atoms with Gasteiger partial charge in [0.15, 0.2) is 0 Å². The van der Waals surface area contributed by atoms with Crippen molar-refractivity contribution in [3.05, 3.63) is 23.8 Å². The number of rotatable bonds is 4. The summed E-state index contributed by atoms with van der Waals surface area (Å²) in [7, 11) is 5.45. The van der Waals surface area contributed by atoms with Gasteiger partial charge in [-0.25, -0.2) is 0 Å². The molecular weight excluding hydrogens is 228 g/mol. The number of ether oxygens (including phenoxy) is 2. The van der Waals surface area contributed by atoms with Crippen LogP contribution in [0.25, 0.3) is 0 Å². The minimum Gasteiger partial charge on any atom is -0.497 e. The number of nitrogens with two attached hydrogens (primary N) is 1. The van der Waals surface area contributed by atoms with E-state index in [-0.39, 0.29) is 5.54 Å². The summed E-state index contributed by atoms with van der Waals surface area (Å²) in [5.74, 6) is 1.64. The van der Waals surface area contributed by atoms with E-state index in [2.05, 4.69) is 11.9 Å². The van der Waals surface area contributed by atoms with Gasteiger partial charge in [-0.1, -0.05) is 0 Å². The van der Waals surface area contributed by atoms with Gasteiger partial charge in [-0.3, -0.25) is 0 Å². The highest BCUT2D eigenvalue weighted by molar-refractivity contribution is 5.39. The number of benzene rings is 1. The van der Waals surface area contributed by atoms with Crippen LogP contribution >= 0.6 is 0 Å². The van der Waals surface area contributed by atoms with Crippen molar-refractivity contribution in [3.8, 4) is 11.5 Å².